The highest BCUT2D eigenvalue weighted by atomic mass is 16.5. The maximum Gasteiger partial charge on any atom is 0.228 e. The minimum Gasteiger partial charge on any atom is -0.494 e. The van der Waals surface area contributed by atoms with Crippen LogP contribution in [-0.2, 0) is 11.2 Å². The molecule has 0 bridgehead atoms. The number of carbonyl (C=O) groups is 1. The van der Waals surface area contributed by atoms with E-state index in [4.69, 9.17) is 4.74 Å². The van der Waals surface area contributed by atoms with Crippen LogP contribution in [0, 0.1) is 6.92 Å². The molecule has 5 heteroatoms. The maximum atomic E-state index is 11.4. The molecule has 2 aromatic carbocycles. The Balaban J connectivity index is 1.18. The van der Waals surface area contributed by atoms with Gasteiger partial charge in [0.1, 0.15) is 5.75 Å². The molecule has 0 radical (unpaired) electrons. The van der Waals surface area contributed by atoms with Crippen LogP contribution in [-0.4, -0.2) is 50.1 Å². The van der Waals surface area contributed by atoms with Gasteiger partial charge < -0.3 is 15.0 Å². The van der Waals surface area contributed by atoms with Gasteiger partial charge in [-0.2, -0.15) is 0 Å². The molecule has 1 amide bonds. The third-order valence-corrected chi connectivity index (χ3v) is 5.42. The van der Waals surface area contributed by atoms with Crippen molar-refractivity contribution in [2.24, 2.45) is 0 Å². The van der Waals surface area contributed by atoms with E-state index in [0.29, 0.717) is 13.0 Å². The van der Waals surface area contributed by atoms with E-state index in [-0.39, 0.29) is 5.91 Å². The number of piperazine rings is 1. The molecular formula is C22H27N3O2. The molecule has 5 nitrogen and oxygen atoms in total. The molecule has 1 N–H and O–H groups in total. The van der Waals surface area contributed by atoms with Crippen molar-refractivity contribution in [1.82, 2.24) is 4.90 Å². The largest absolute Gasteiger partial charge is 0.494 e. The first-order valence-electron chi connectivity index (χ1n) is 9.77. The first-order chi connectivity index (χ1) is 13.2. The van der Waals surface area contributed by atoms with E-state index in [9.17, 15) is 4.79 Å². The Kier molecular flexibility index (Phi) is 5.30. The molecule has 142 valence electrons. The van der Waals surface area contributed by atoms with E-state index in [1.165, 1.54) is 11.3 Å². The first-order valence-corrected chi connectivity index (χ1v) is 9.77. The van der Waals surface area contributed by atoms with Crippen molar-refractivity contribution in [3.05, 3.63) is 53.6 Å². The lowest BCUT2D eigenvalue weighted by molar-refractivity contribution is -0.115. The Bertz CT molecular complexity index is 813. The van der Waals surface area contributed by atoms with Crippen LogP contribution in [0.5, 0.6) is 5.75 Å². The predicted octanol–water partition coefficient (Wildman–Crippen LogP) is 3.08. The van der Waals surface area contributed by atoms with Gasteiger partial charge in [-0.05, 0) is 48.7 Å². The highest BCUT2D eigenvalue weighted by Crippen LogP contribution is 2.27. The van der Waals surface area contributed by atoms with Gasteiger partial charge in [-0.1, -0.05) is 18.2 Å². The van der Waals surface area contributed by atoms with E-state index >= 15 is 0 Å². The van der Waals surface area contributed by atoms with Gasteiger partial charge in [-0.15, -0.1) is 0 Å². The lowest BCUT2D eigenvalue weighted by atomic mass is 10.1. The molecular weight excluding hydrogens is 338 g/mol. The maximum absolute atomic E-state index is 11.4. The number of nitrogens with zero attached hydrogens (tertiary/aromatic N) is 2. The lowest BCUT2D eigenvalue weighted by Crippen LogP contribution is -2.47. The number of hydrogen-bond donors (Lipinski definition) is 1. The Labute approximate surface area is 160 Å². The van der Waals surface area contributed by atoms with Gasteiger partial charge in [0.2, 0.25) is 5.91 Å². The molecule has 0 saturated carbocycles. The van der Waals surface area contributed by atoms with Crippen LogP contribution in [0.4, 0.5) is 11.4 Å². The van der Waals surface area contributed by atoms with Gasteiger partial charge in [-0.3, -0.25) is 9.69 Å². The Hall–Kier alpha value is -2.53. The summed E-state index contributed by atoms with van der Waals surface area (Å²) in [5.41, 5.74) is 4.67. The van der Waals surface area contributed by atoms with E-state index < -0.39 is 0 Å². The van der Waals surface area contributed by atoms with E-state index in [1.807, 2.05) is 18.2 Å². The molecule has 0 aliphatic carbocycles. The Morgan fingerprint density at radius 3 is 2.70 bits per heavy atom. The van der Waals surface area contributed by atoms with Gasteiger partial charge >= 0.3 is 0 Å². The van der Waals surface area contributed by atoms with E-state index in [2.05, 4.69) is 46.3 Å². The number of amides is 1. The number of para-hydroxylation sites is 1. The number of fused-ring (bicyclic) bond motifs is 1. The zero-order valence-corrected chi connectivity index (χ0v) is 15.9. The molecule has 2 aliphatic heterocycles. The molecule has 0 unspecified atom stereocenters. The second-order valence-corrected chi connectivity index (χ2v) is 7.36. The summed E-state index contributed by atoms with van der Waals surface area (Å²) in [7, 11) is 0. The lowest BCUT2D eigenvalue weighted by Gasteiger charge is -2.36. The molecule has 27 heavy (non-hydrogen) atoms. The Morgan fingerprint density at radius 1 is 1.07 bits per heavy atom. The van der Waals surface area contributed by atoms with Crippen LogP contribution >= 0.6 is 0 Å². The van der Waals surface area contributed by atoms with Gasteiger partial charge in [0, 0.05) is 44.1 Å². The number of ether oxygens (including phenoxy) is 1. The van der Waals surface area contributed by atoms with Crippen LogP contribution in [0.1, 0.15) is 17.5 Å². The summed E-state index contributed by atoms with van der Waals surface area (Å²) in [5.74, 6) is 0.918. The fourth-order valence-corrected chi connectivity index (χ4v) is 3.90. The number of aryl methyl sites for hydroxylation is 1. The second kappa shape index (κ2) is 8.01. The van der Waals surface area contributed by atoms with Gasteiger partial charge in [0.15, 0.2) is 0 Å². The molecule has 0 aromatic heterocycles. The average Bonchev–Trinajstić information content (AvgIpc) is 3.05. The number of rotatable bonds is 6. The quantitative estimate of drug-likeness (QED) is 0.799. The fraction of sp³-hybridized carbons (Fsp3) is 0.409. The second-order valence-electron chi connectivity index (χ2n) is 7.36. The molecule has 2 heterocycles. The molecule has 2 aromatic rings. The normalized spacial score (nSPS) is 16.9. The van der Waals surface area contributed by atoms with Crippen molar-refractivity contribution in [2.75, 3.05) is 49.5 Å². The summed E-state index contributed by atoms with van der Waals surface area (Å²) in [5, 5.41) is 2.85. The fourth-order valence-electron chi connectivity index (χ4n) is 3.90. The first kappa shape index (κ1) is 17.9. The van der Waals surface area contributed by atoms with Crippen LogP contribution in [0.2, 0.25) is 0 Å². The highest BCUT2D eigenvalue weighted by molar-refractivity contribution is 5.99. The third-order valence-electron chi connectivity index (χ3n) is 5.42. The average molecular weight is 365 g/mol. The minimum absolute atomic E-state index is 0.0620. The number of carbonyl (C=O) groups excluding carboxylic acids is 1. The summed E-state index contributed by atoms with van der Waals surface area (Å²) in [4.78, 5) is 16.4. The van der Waals surface area contributed by atoms with Crippen molar-refractivity contribution < 1.29 is 9.53 Å². The van der Waals surface area contributed by atoms with Crippen LogP contribution in [0.25, 0.3) is 0 Å². The standard InChI is InChI=1S/C22H27N3O2/c1-17-5-2-3-6-21(17)25-12-10-24(11-13-25)9-4-14-27-19-7-8-20-18(15-19)16-22(26)23-20/h2-3,5-8,15H,4,9-14,16H2,1H3,(H,23,26). The summed E-state index contributed by atoms with van der Waals surface area (Å²) in [6.07, 6.45) is 1.47. The zero-order valence-electron chi connectivity index (χ0n) is 15.9. The summed E-state index contributed by atoms with van der Waals surface area (Å²) in [6, 6.07) is 14.5. The Morgan fingerprint density at radius 2 is 1.89 bits per heavy atom. The highest BCUT2D eigenvalue weighted by Gasteiger charge is 2.19. The molecule has 2 aliphatic rings. The molecule has 0 atom stereocenters. The summed E-state index contributed by atoms with van der Waals surface area (Å²) < 4.78 is 5.89. The van der Waals surface area contributed by atoms with Gasteiger partial charge in [-0.25, -0.2) is 0 Å². The number of benzene rings is 2. The van der Waals surface area contributed by atoms with Gasteiger partial charge in [0.05, 0.1) is 13.0 Å². The van der Waals surface area contributed by atoms with Crippen LogP contribution in [0.15, 0.2) is 42.5 Å². The van der Waals surface area contributed by atoms with Crippen molar-refractivity contribution in [3.63, 3.8) is 0 Å². The molecule has 1 saturated heterocycles. The van der Waals surface area contributed by atoms with Crippen LogP contribution in [0.3, 0.4) is 0 Å². The molecule has 0 spiro atoms. The van der Waals surface area contributed by atoms with Gasteiger partial charge in [0.25, 0.3) is 0 Å². The summed E-state index contributed by atoms with van der Waals surface area (Å²) in [6.45, 7) is 8.31. The number of anilines is 2. The monoisotopic (exact) mass is 365 g/mol. The minimum atomic E-state index is 0.0620. The molecule has 1 fully saturated rings. The smallest absolute Gasteiger partial charge is 0.228 e. The van der Waals surface area contributed by atoms with Crippen molar-refractivity contribution in [3.8, 4) is 5.75 Å². The number of nitrogens with one attached hydrogen (secondary N) is 1. The zero-order chi connectivity index (χ0) is 18.6. The number of hydrogen-bond acceptors (Lipinski definition) is 4. The van der Waals surface area contributed by atoms with Crippen molar-refractivity contribution >= 4 is 17.3 Å². The summed E-state index contributed by atoms with van der Waals surface area (Å²) >= 11 is 0. The van der Waals surface area contributed by atoms with Crippen molar-refractivity contribution in [1.29, 1.82) is 0 Å². The molecule has 4 rings (SSSR count). The van der Waals surface area contributed by atoms with Crippen LogP contribution < -0.4 is 15.0 Å². The SMILES string of the molecule is Cc1ccccc1N1CCN(CCCOc2ccc3c(c2)CC(=O)N3)CC1. The van der Waals surface area contributed by atoms with E-state index in [1.54, 1.807) is 0 Å². The predicted molar refractivity (Wildman–Crippen MR) is 109 cm³/mol. The van der Waals surface area contributed by atoms with E-state index in [0.717, 1.165) is 56.1 Å². The topological polar surface area (TPSA) is 44.8 Å². The van der Waals surface area contributed by atoms with Crippen molar-refractivity contribution in [2.45, 2.75) is 19.8 Å². The third kappa shape index (κ3) is 4.25.